The van der Waals surface area contributed by atoms with Crippen LogP contribution in [0.25, 0.3) is 22.7 Å². The molecule has 4 aromatic heterocycles. The first-order valence-corrected chi connectivity index (χ1v) is 13.5. The van der Waals surface area contributed by atoms with Crippen molar-refractivity contribution in [3.05, 3.63) is 106 Å². The zero-order valence-electron chi connectivity index (χ0n) is 23.1. The Morgan fingerprint density at radius 3 is 2.44 bits per heavy atom. The summed E-state index contributed by atoms with van der Waals surface area (Å²) in [5.74, 6) is 1.22. The molecule has 0 atom stereocenters. The Hall–Kier alpha value is -5.03. The number of benzene rings is 1. The highest BCUT2D eigenvalue weighted by atomic mass is 16.1. The van der Waals surface area contributed by atoms with Crippen molar-refractivity contribution in [3.63, 3.8) is 0 Å². The Bertz CT molecular complexity index is 1850. The van der Waals surface area contributed by atoms with E-state index in [1.807, 2.05) is 12.1 Å². The van der Waals surface area contributed by atoms with E-state index in [2.05, 4.69) is 45.9 Å². The molecular weight excluding hydrogens is 518 g/mol. The van der Waals surface area contributed by atoms with Crippen molar-refractivity contribution in [2.45, 2.75) is 13.5 Å². The minimum atomic E-state index is -0.261. The van der Waals surface area contributed by atoms with Crippen molar-refractivity contribution >= 4 is 28.4 Å². The summed E-state index contributed by atoms with van der Waals surface area (Å²) in [4.78, 5) is 44.7. The molecule has 6 rings (SSSR count). The molecule has 0 bridgehead atoms. The number of fused-ring (bicyclic) bond motifs is 1. The maximum Gasteiger partial charge on any atom is 0.278 e. The predicted octanol–water partition coefficient (Wildman–Crippen LogP) is 3.12. The van der Waals surface area contributed by atoms with E-state index in [-0.39, 0.29) is 17.7 Å². The van der Waals surface area contributed by atoms with E-state index in [9.17, 15) is 9.59 Å². The molecule has 1 saturated heterocycles. The highest BCUT2D eigenvalue weighted by molar-refractivity contribution is 5.77. The Morgan fingerprint density at radius 1 is 0.927 bits per heavy atom. The zero-order valence-corrected chi connectivity index (χ0v) is 23.1. The molecule has 1 N–H and O–H groups in total. The highest BCUT2D eigenvalue weighted by Crippen LogP contribution is 2.22. The lowest BCUT2D eigenvalue weighted by atomic mass is 10.2. The number of rotatable bonds is 7. The second-order valence-electron chi connectivity index (χ2n) is 10.1. The largest absolute Gasteiger partial charge is 0.369 e. The number of pyridine rings is 2. The van der Waals surface area contributed by atoms with Gasteiger partial charge in [-0.25, -0.2) is 19.3 Å². The second kappa shape index (κ2) is 10.9. The average molecular weight is 550 g/mol. The summed E-state index contributed by atoms with van der Waals surface area (Å²) in [5.41, 5.74) is 2.59. The minimum Gasteiger partial charge on any atom is -0.369 e. The van der Waals surface area contributed by atoms with Gasteiger partial charge in [-0.15, -0.1) is 6.58 Å². The highest BCUT2D eigenvalue weighted by Gasteiger charge is 2.19. The number of aryl methyl sites for hydroxylation is 1. The van der Waals surface area contributed by atoms with Crippen LogP contribution in [0.2, 0.25) is 0 Å². The summed E-state index contributed by atoms with van der Waals surface area (Å²) >= 11 is 0. The molecule has 1 aliphatic rings. The number of hydrogen-bond acceptors (Lipinski definition) is 8. The number of aromatic nitrogens is 6. The van der Waals surface area contributed by atoms with Gasteiger partial charge in [0.05, 0.1) is 6.54 Å². The molecule has 0 saturated carbocycles. The monoisotopic (exact) mass is 549 g/mol. The molecule has 0 spiro atoms. The fourth-order valence-corrected chi connectivity index (χ4v) is 5.01. The van der Waals surface area contributed by atoms with Gasteiger partial charge in [-0.1, -0.05) is 18.2 Å². The van der Waals surface area contributed by atoms with Crippen molar-refractivity contribution in [1.82, 2.24) is 33.8 Å². The number of nitrogens with one attached hydrogen (secondary N) is 1. The van der Waals surface area contributed by atoms with Crippen LogP contribution in [0.3, 0.4) is 0 Å². The van der Waals surface area contributed by atoms with Crippen LogP contribution in [0.4, 0.5) is 17.3 Å². The quantitative estimate of drug-likeness (QED) is 0.309. The van der Waals surface area contributed by atoms with E-state index in [1.54, 1.807) is 54.2 Å². The molecule has 0 amide bonds. The lowest BCUT2D eigenvalue weighted by Gasteiger charge is -2.34. The van der Waals surface area contributed by atoms with Gasteiger partial charge in [0.1, 0.15) is 11.2 Å². The molecule has 1 fully saturated rings. The van der Waals surface area contributed by atoms with Crippen molar-refractivity contribution in [1.29, 1.82) is 0 Å². The standard InChI is InChI=1S/C30H31N9O2/c1-4-14-38-29(41)24-20-31-30(32-22-10-12-23(13-11-22)36-18-16-35(3)17-19-36)34-27(24)39(38)26-9-5-8-25(33-26)37-15-6-7-21(2)28(37)40/h4-13,15,20H,1,14,16-19H2,2-3H3,(H,31,32,34). The van der Waals surface area contributed by atoms with E-state index in [4.69, 9.17) is 9.97 Å². The van der Waals surface area contributed by atoms with Gasteiger partial charge >= 0.3 is 0 Å². The molecular formula is C30H31N9O2. The fraction of sp³-hybridized carbons (Fsp3) is 0.233. The summed E-state index contributed by atoms with van der Waals surface area (Å²) in [6.07, 6.45) is 4.84. The molecule has 1 aliphatic heterocycles. The lowest BCUT2D eigenvalue weighted by molar-refractivity contribution is 0.313. The van der Waals surface area contributed by atoms with Gasteiger partial charge in [0.15, 0.2) is 11.5 Å². The molecule has 11 nitrogen and oxygen atoms in total. The van der Waals surface area contributed by atoms with E-state index in [0.29, 0.717) is 34.2 Å². The smallest absolute Gasteiger partial charge is 0.278 e. The zero-order chi connectivity index (χ0) is 28.5. The first-order chi connectivity index (χ1) is 19.9. The van der Waals surface area contributed by atoms with Gasteiger partial charge < -0.3 is 15.1 Å². The van der Waals surface area contributed by atoms with Gasteiger partial charge in [0.25, 0.3) is 11.1 Å². The third-order valence-electron chi connectivity index (χ3n) is 7.29. The van der Waals surface area contributed by atoms with Gasteiger partial charge in [-0.05, 0) is 56.4 Å². The Kier molecular flexibility index (Phi) is 6.94. The van der Waals surface area contributed by atoms with Crippen molar-refractivity contribution in [2.24, 2.45) is 0 Å². The van der Waals surface area contributed by atoms with E-state index in [1.165, 1.54) is 21.1 Å². The molecule has 41 heavy (non-hydrogen) atoms. The van der Waals surface area contributed by atoms with Crippen LogP contribution < -0.4 is 21.3 Å². The first kappa shape index (κ1) is 26.2. The first-order valence-electron chi connectivity index (χ1n) is 13.5. The van der Waals surface area contributed by atoms with Crippen molar-refractivity contribution < 1.29 is 0 Å². The Balaban J connectivity index is 1.37. The molecule has 0 radical (unpaired) electrons. The second-order valence-corrected chi connectivity index (χ2v) is 10.1. The van der Waals surface area contributed by atoms with Crippen molar-refractivity contribution in [3.8, 4) is 11.6 Å². The maximum absolute atomic E-state index is 13.3. The molecule has 5 aromatic rings. The van der Waals surface area contributed by atoms with Gasteiger partial charge in [0.2, 0.25) is 5.95 Å². The number of hydrogen-bond donors (Lipinski definition) is 1. The Morgan fingerprint density at radius 2 is 1.68 bits per heavy atom. The van der Waals surface area contributed by atoms with Crippen LogP contribution in [0.1, 0.15) is 5.56 Å². The maximum atomic E-state index is 13.3. The summed E-state index contributed by atoms with van der Waals surface area (Å²) in [5, 5.41) is 3.61. The number of nitrogens with zero attached hydrogens (tertiary/aromatic N) is 8. The fourth-order valence-electron chi connectivity index (χ4n) is 5.01. The van der Waals surface area contributed by atoms with Crippen LogP contribution >= 0.6 is 0 Å². The number of allylic oxidation sites excluding steroid dienone is 1. The van der Waals surface area contributed by atoms with Gasteiger partial charge in [-0.3, -0.25) is 14.2 Å². The normalized spacial score (nSPS) is 14.0. The van der Waals surface area contributed by atoms with Crippen LogP contribution in [0.5, 0.6) is 0 Å². The molecule has 5 heterocycles. The van der Waals surface area contributed by atoms with E-state index in [0.717, 1.165) is 31.9 Å². The van der Waals surface area contributed by atoms with Crippen molar-refractivity contribution in [2.75, 3.05) is 43.4 Å². The minimum absolute atomic E-state index is 0.162. The summed E-state index contributed by atoms with van der Waals surface area (Å²) in [7, 11) is 2.14. The molecule has 0 unspecified atom stereocenters. The molecule has 11 heteroatoms. The average Bonchev–Trinajstić information content (AvgIpc) is 3.26. The third kappa shape index (κ3) is 5.03. The predicted molar refractivity (Wildman–Crippen MR) is 161 cm³/mol. The molecule has 208 valence electrons. The van der Waals surface area contributed by atoms with Crippen LogP contribution in [-0.4, -0.2) is 67.0 Å². The number of piperazine rings is 1. The van der Waals surface area contributed by atoms with Gasteiger partial charge in [-0.2, -0.15) is 4.98 Å². The molecule has 0 aliphatic carbocycles. The van der Waals surface area contributed by atoms with Crippen LogP contribution in [0, 0.1) is 6.92 Å². The summed E-state index contributed by atoms with van der Waals surface area (Å²) in [6.45, 7) is 9.89. The van der Waals surface area contributed by atoms with Crippen LogP contribution in [0.15, 0.2) is 89.2 Å². The third-order valence-corrected chi connectivity index (χ3v) is 7.29. The molecule has 1 aromatic carbocycles. The lowest BCUT2D eigenvalue weighted by Crippen LogP contribution is -2.44. The topological polar surface area (TPSA) is 106 Å². The van der Waals surface area contributed by atoms with Crippen LogP contribution in [-0.2, 0) is 6.54 Å². The number of likely N-dealkylation sites (N-methyl/N-ethyl adjacent to an activating group) is 1. The SMILES string of the molecule is C=CCn1c(=O)c2cnc(Nc3ccc(N4CCN(C)CC4)cc3)nc2n1-c1cccc(-n2cccc(C)c2=O)n1. The van der Waals surface area contributed by atoms with E-state index < -0.39 is 0 Å². The van der Waals surface area contributed by atoms with E-state index >= 15 is 0 Å². The summed E-state index contributed by atoms with van der Waals surface area (Å²) < 4.78 is 4.63. The number of anilines is 3. The van der Waals surface area contributed by atoms with Gasteiger partial charge in [0, 0.05) is 55.5 Å². The Labute approximate surface area is 236 Å². The summed E-state index contributed by atoms with van der Waals surface area (Å²) in [6, 6.07) is 17.1.